The molecule has 0 aliphatic rings. The number of amides is 1. The molecule has 0 aliphatic heterocycles. The van der Waals surface area contributed by atoms with Gasteiger partial charge in [-0.15, -0.1) is 0 Å². The van der Waals surface area contributed by atoms with E-state index in [0.717, 1.165) is 0 Å². The molecular weight excluding hydrogens is 210 g/mol. The number of phenolic OH excluding ortho intramolecular Hbond substituents is 2. The van der Waals surface area contributed by atoms with E-state index in [1.165, 1.54) is 18.2 Å². The lowest BCUT2D eigenvalue weighted by Crippen LogP contribution is -2.27. The number of carbonyl (C=O) groups is 1. The number of anilines is 1. The molecule has 0 radical (unpaired) electrons. The molecule has 0 atom stereocenters. The third-order valence-electron chi connectivity index (χ3n) is 1.55. The molecule has 5 nitrogen and oxygen atoms in total. The van der Waals surface area contributed by atoms with Crippen molar-refractivity contribution in [2.24, 2.45) is 0 Å². The van der Waals surface area contributed by atoms with E-state index in [0.29, 0.717) is 0 Å². The Hall–Kier alpha value is -1.91. The molecule has 1 aromatic carbocycles. The zero-order chi connectivity index (χ0) is 12.3. The van der Waals surface area contributed by atoms with Crippen LogP contribution in [-0.2, 0) is 4.74 Å². The summed E-state index contributed by atoms with van der Waals surface area (Å²) in [6.07, 6.45) is -0.641. The second-order valence-electron chi connectivity index (χ2n) is 4.36. The number of carbonyl (C=O) groups excluding carboxylic acids is 1. The summed E-state index contributed by atoms with van der Waals surface area (Å²) in [5.41, 5.74) is -0.324. The fourth-order valence-electron chi connectivity index (χ4n) is 1.09. The molecule has 0 saturated carbocycles. The van der Waals surface area contributed by atoms with E-state index in [-0.39, 0.29) is 17.2 Å². The lowest BCUT2D eigenvalue weighted by Gasteiger charge is -2.19. The fourth-order valence-corrected chi connectivity index (χ4v) is 1.09. The Labute approximate surface area is 93.7 Å². The van der Waals surface area contributed by atoms with Crippen molar-refractivity contribution in [2.45, 2.75) is 26.4 Å². The van der Waals surface area contributed by atoms with Gasteiger partial charge in [0.05, 0.1) is 5.69 Å². The zero-order valence-corrected chi connectivity index (χ0v) is 9.44. The normalized spacial score (nSPS) is 10.9. The minimum Gasteiger partial charge on any atom is -0.508 e. The zero-order valence-electron chi connectivity index (χ0n) is 9.44. The molecule has 0 bridgehead atoms. The van der Waals surface area contributed by atoms with E-state index in [2.05, 4.69) is 5.32 Å². The van der Waals surface area contributed by atoms with Gasteiger partial charge in [-0.1, -0.05) is 0 Å². The molecule has 3 N–H and O–H groups in total. The number of ether oxygens (including phenoxy) is 1. The molecular formula is C11H15NO4. The van der Waals surface area contributed by atoms with Crippen molar-refractivity contribution in [1.29, 1.82) is 0 Å². The monoisotopic (exact) mass is 225 g/mol. The molecule has 0 saturated heterocycles. The van der Waals surface area contributed by atoms with Gasteiger partial charge >= 0.3 is 6.09 Å². The van der Waals surface area contributed by atoms with E-state index in [1.807, 2.05) is 0 Å². The predicted octanol–water partition coefficient (Wildman–Crippen LogP) is 2.44. The van der Waals surface area contributed by atoms with Gasteiger partial charge in [0.15, 0.2) is 0 Å². The summed E-state index contributed by atoms with van der Waals surface area (Å²) in [5.74, 6) is -0.267. The Bertz CT molecular complexity index is 375. The van der Waals surface area contributed by atoms with Crippen LogP contribution in [0.5, 0.6) is 11.5 Å². The first-order chi connectivity index (χ1) is 7.26. The van der Waals surface area contributed by atoms with Gasteiger partial charge in [0, 0.05) is 18.2 Å². The number of nitrogens with one attached hydrogen (secondary N) is 1. The van der Waals surface area contributed by atoms with Crippen LogP contribution in [0.2, 0.25) is 0 Å². The number of rotatable bonds is 1. The molecule has 5 heteroatoms. The molecule has 0 fully saturated rings. The van der Waals surface area contributed by atoms with E-state index in [4.69, 9.17) is 4.74 Å². The topological polar surface area (TPSA) is 78.8 Å². The Morgan fingerprint density at radius 1 is 1.19 bits per heavy atom. The average Bonchev–Trinajstić information content (AvgIpc) is 1.96. The predicted molar refractivity (Wildman–Crippen MR) is 59.6 cm³/mol. The van der Waals surface area contributed by atoms with Gasteiger partial charge in [-0.25, -0.2) is 4.79 Å². The maximum Gasteiger partial charge on any atom is 0.412 e. The molecule has 1 amide bonds. The van der Waals surface area contributed by atoms with E-state index < -0.39 is 11.7 Å². The minimum atomic E-state index is -0.641. The van der Waals surface area contributed by atoms with Gasteiger partial charge in [-0.2, -0.15) is 0 Å². The summed E-state index contributed by atoms with van der Waals surface area (Å²) in [7, 11) is 0. The van der Waals surface area contributed by atoms with E-state index in [1.54, 1.807) is 20.8 Å². The Morgan fingerprint density at radius 2 is 1.69 bits per heavy atom. The average molecular weight is 225 g/mol. The Balaban J connectivity index is 2.70. The van der Waals surface area contributed by atoms with Gasteiger partial charge in [0.25, 0.3) is 0 Å². The number of hydrogen-bond donors (Lipinski definition) is 3. The van der Waals surface area contributed by atoms with Crippen LogP contribution in [0.25, 0.3) is 0 Å². The Morgan fingerprint density at radius 3 is 2.12 bits per heavy atom. The quantitative estimate of drug-likeness (QED) is 0.685. The third-order valence-corrected chi connectivity index (χ3v) is 1.55. The van der Waals surface area contributed by atoms with E-state index in [9.17, 15) is 15.0 Å². The summed E-state index contributed by atoms with van der Waals surface area (Å²) in [5, 5.41) is 20.8. The lowest BCUT2D eigenvalue weighted by atomic mass is 10.2. The molecule has 0 heterocycles. The standard InChI is InChI=1S/C11H15NO4/c1-11(2,3)16-10(15)12-7-4-8(13)6-9(14)5-7/h4-6,13-14H,1-3H3,(H,12,15). The Kier molecular flexibility index (Phi) is 3.27. The number of benzene rings is 1. The van der Waals surface area contributed by atoms with Crippen molar-refractivity contribution >= 4 is 11.8 Å². The molecule has 88 valence electrons. The smallest absolute Gasteiger partial charge is 0.412 e. The first kappa shape index (κ1) is 12.2. The fraction of sp³-hybridized carbons (Fsp3) is 0.364. The highest BCUT2D eigenvalue weighted by Crippen LogP contribution is 2.24. The largest absolute Gasteiger partial charge is 0.508 e. The minimum absolute atomic E-state index is 0.133. The van der Waals surface area contributed by atoms with Gasteiger partial charge in [-0.3, -0.25) is 5.32 Å². The van der Waals surface area contributed by atoms with Gasteiger partial charge in [0.1, 0.15) is 17.1 Å². The molecule has 0 unspecified atom stereocenters. The highest BCUT2D eigenvalue weighted by molar-refractivity contribution is 5.85. The van der Waals surface area contributed by atoms with Crippen molar-refractivity contribution in [2.75, 3.05) is 5.32 Å². The van der Waals surface area contributed by atoms with Crippen LogP contribution >= 0.6 is 0 Å². The molecule has 16 heavy (non-hydrogen) atoms. The highest BCUT2D eigenvalue weighted by atomic mass is 16.6. The summed E-state index contributed by atoms with van der Waals surface area (Å²) in [6.45, 7) is 5.23. The third kappa shape index (κ3) is 4.08. The van der Waals surface area contributed by atoms with Crippen molar-refractivity contribution < 1.29 is 19.7 Å². The van der Waals surface area contributed by atoms with Gasteiger partial charge in [-0.05, 0) is 20.8 Å². The van der Waals surface area contributed by atoms with Crippen molar-refractivity contribution in [3.63, 3.8) is 0 Å². The summed E-state index contributed by atoms with van der Waals surface area (Å²) in [6, 6.07) is 3.79. The van der Waals surface area contributed by atoms with Crippen LogP contribution in [0.3, 0.4) is 0 Å². The molecule has 0 spiro atoms. The van der Waals surface area contributed by atoms with Crippen LogP contribution in [-0.4, -0.2) is 21.9 Å². The first-order valence-corrected chi connectivity index (χ1v) is 4.79. The van der Waals surface area contributed by atoms with Crippen LogP contribution < -0.4 is 5.32 Å². The van der Waals surface area contributed by atoms with Crippen LogP contribution in [0.15, 0.2) is 18.2 Å². The van der Waals surface area contributed by atoms with Gasteiger partial charge in [0.2, 0.25) is 0 Å². The van der Waals surface area contributed by atoms with Crippen molar-refractivity contribution in [1.82, 2.24) is 0 Å². The SMILES string of the molecule is CC(C)(C)OC(=O)Nc1cc(O)cc(O)c1. The van der Waals surface area contributed by atoms with Crippen LogP contribution in [0, 0.1) is 0 Å². The second-order valence-corrected chi connectivity index (χ2v) is 4.36. The number of aromatic hydroxyl groups is 2. The first-order valence-electron chi connectivity index (χ1n) is 4.79. The molecule has 0 aromatic heterocycles. The summed E-state index contributed by atoms with van der Waals surface area (Å²) < 4.78 is 5.01. The number of hydrogen-bond acceptors (Lipinski definition) is 4. The number of phenols is 2. The molecule has 1 rings (SSSR count). The summed E-state index contributed by atoms with van der Waals surface area (Å²) in [4.78, 5) is 11.4. The van der Waals surface area contributed by atoms with Crippen molar-refractivity contribution in [3.05, 3.63) is 18.2 Å². The maximum absolute atomic E-state index is 11.4. The van der Waals surface area contributed by atoms with E-state index >= 15 is 0 Å². The molecule has 0 aliphatic carbocycles. The molecule has 1 aromatic rings. The highest BCUT2D eigenvalue weighted by Gasteiger charge is 2.16. The second kappa shape index (κ2) is 4.30. The lowest BCUT2D eigenvalue weighted by molar-refractivity contribution is 0.0636. The van der Waals surface area contributed by atoms with Crippen molar-refractivity contribution in [3.8, 4) is 11.5 Å². The van der Waals surface area contributed by atoms with Crippen LogP contribution in [0.1, 0.15) is 20.8 Å². The maximum atomic E-state index is 11.4. The summed E-state index contributed by atoms with van der Waals surface area (Å²) >= 11 is 0. The van der Waals surface area contributed by atoms with Crippen LogP contribution in [0.4, 0.5) is 10.5 Å². The van der Waals surface area contributed by atoms with Gasteiger partial charge < -0.3 is 14.9 Å².